The number of unbranched alkanes of at least 4 members (excludes halogenated alkanes) is 20. The molecular weight excluding hydrogens is 492 g/mol. The fourth-order valence-corrected chi connectivity index (χ4v) is 5.87. The van der Waals surface area contributed by atoms with E-state index in [1.54, 1.807) is 0 Å². The lowest BCUT2D eigenvalue weighted by atomic mass is 9.98. The Morgan fingerprint density at radius 3 is 1.32 bits per heavy atom. The van der Waals surface area contributed by atoms with Gasteiger partial charge in [-0.25, -0.2) is 0 Å². The molecule has 0 radical (unpaired) electrons. The van der Waals surface area contributed by atoms with Gasteiger partial charge in [0, 0.05) is 19.4 Å². The van der Waals surface area contributed by atoms with Crippen LogP contribution in [0.4, 0.5) is 0 Å². The summed E-state index contributed by atoms with van der Waals surface area (Å²) in [5.74, 6) is -0.385. The second-order valence-electron chi connectivity index (χ2n) is 12.4. The topological polar surface area (TPSA) is 38.7 Å². The van der Waals surface area contributed by atoms with E-state index in [2.05, 4.69) is 38.2 Å². The van der Waals surface area contributed by atoms with Crippen molar-refractivity contribution in [1.29, 1.82) is 0 Å². The van der Waals surface area contributed by atoms with E-state index in [9.17, 15) is 5.11 Å². The third-order valence-corrected chi connectivity index (χ3v) is 8.50. The zero-order valence-corrected chi connectivity index (χ0v) is 27.2. The molecule has 0 aliphatic carbocycles. The molecule has 1 unspecified atom stereocenters. The highest BCUT2D eigenvalue weighted by Gasteiger charge is 2.40. The van der Waals surface area contributed by atoms with Gasteiger partial charge >= 0.3 is 0 Å². The number of aliphatic hydroxyl groups excluding tert-OH is 1. The van der Waals surface area contributed by atoms with Gasteiger partial charge in [0.15, 0.2) is 5.79 Å². The van der Waals surface area contributed by atoms with Gasteiger partial charge in [-0.3, -0.25) is 0 Å². The average Bonchev–Trinajstić information content (AvgIpc) is 3.36. The zero-order chi connectivity index (χ0) is 28.8. The molecule has 0 amide bonds. The summed E-state index contributed by atoms with van der Waals surface area (Å²) in [5.41, 5.74) is 0. The maximum atomic E-state index is 9.37. The molecule has 1 atom stereocenters. The van der Waals surface area contributed by atoms with Crippen LogP contribution in [0.5, 0.6) is 0 Å². The van der Waals surface area contributed by atoms with Crippen LogP contribution >= 0.6 is 0 Å². The standard InChI is InChI=1S/C37H70O3/c1-3-5-7-9-11-13-15-17-19-21-23-25-27-29-32-37(39-35-36(40-37)31-34-38)33-30-28-26-24-22-20-18-16-14-12-10-8-6-4-2/h13-16,36,38H,3-12,17-35H2,1-2H3/b15-13-,16-14-. The van der Waals surface area contributed by atoms with Gasteiger partial charge in [0.05, 0.1) is 12.7 Å². The molecule has 1 saturated heterocycles. The minimum Gasteiger partial charge on any atom is -0.396 e. The van der Waals surface area contributed by atoms with Crippen LogP contribution in [0.3, 0.4) is 0 Å². The first kappa shape index (κ1) is 37.4. The van der Waals surface area contributed by atoms with E-state index in [-0.39, 0.29) is 18.5 Å². The maximum Gasteiger partial charge on any atom is 0.168 e. The first-order chi connectivity index (χ1) is 19.8. The second kappa shape index (κ2) is 28.5. The smallest absolute Gasteiger partial charge is 0.168 e. The summed E-state index contributed by atoms with van der Waals surface area (Å²) in [5, 5.41) is 9.37. The minimum absolute atomic E-state index is 0.0735. The Hall–Kier alpha value is -0.640. The van der Waals surface area contributed by atoms with Crippen LogP contribution < -0.4 is 0 Å². The fourth-order valence-electron chi connectivity index (χ4n) is 5.87. The zero-order valence-electron chi connectivity index (χ0n) is 27.2. The molecule has 1 aliphatic rings. The predicted octanol–water partition coefficient (Wildman–Crippen LogP) is 11.8. The predicted molar refractivity (Wildman–Crippen MR) is 175 cm³/mol. The molecule has 0 aromatic heterocycles. The van der Waals surface area contributed by atoms with Crippen molar-refractivity contribution in [2.24, 2.45) is 0 Å². The van der Waals surface area contributed by atoms with Gasteiger partial charge in [0.25, 0.3) is 0 Å². The quantitative estimate of drug-likeness (QED) is 0.0699. The Morgan fingerprint density at radius 2 is 0.925 bits per heavy atom. The normalized spacial score (nSPS) is 17.1. The summed E-state index contributed by atoms with van der Waals surface area (Å²) >= 11 is 0. The highest BCUT2D eigenvalue weighted by molar-refractivity contribution is 4.82. The van der Waals surface area contributed by atoms with Gasteiger partial charge in [0.2, 0.25) is 0 Å². The highest BCUT2D eigenvalue weighted by Crippen LogP contribution is 2.35. The fraction of sp³-hybridized carbons (Fsp3) is 0.892. The monoisotopic (exact) mass is 563 g/mol. The molecule has 1 aliphatic heterocycles. The SMILES string of the molecule is CCCCCC/C=C\CCCCCCCCC1(CCCCCCCC/C=C\CCCCCC)OCC(CCO)O1. The van der Waals surface area contributed by atoms with Gasteiger partial charge in [-0.15, -0.1) is 0 Å². The Balaban J connectivity index is 2.09. The molecule has 0 spiro atoms. The van der Waals surface area contributed by atoms with Crippen molar-refractivity contribution in [1.82, 2.24) is 0 Å². The molecule has 0 saturated carbocycles. The second-order valence-corrected chi connectivity index (χ2v) is 12.4. The molecular formula is C37H70O3. The van der Waals surface area contributed by atoms with Crippen molar-refractivity contribution in [2.75, 3.05) is 13.2 Å². The molecule has 1 N–H and O–H groups in total. The molecule has 40 heavy (non-hydrogen) atoms. The lowest BCUT2D eigenvalue weighted by Gasteiger charge is -2.28. The minimum atomic E-state index is -0.385. The van der Waals surface area contributed by atoms with Crippen LogP contribution in [0.2, 0.25) is 0 Å². The van der Waals surface area contributed by atoms with E-state index in [4.69, 9.17) is 9.47 Å². The number of hydrogen-bond donors (Lipinski definition) is 1. The van der Waals surface area contributed by atoms with Crippen molar-refractivity contribution in [3.05, 3.63) is 24.3 Å². The molecule has 0 aromatic carbocycles. The molecule has 1 heterocycles. The molecule has 236 valence electrons. The van der Waals surface area contributed by atoms with Crippen molar-refractivity contribution >= 4 is 0 Å². The van der Waals surface area contributed by atoms with E-state index >= 15 is 0 Å². The van der Waals surface area contributed by atoms with E-state index < -0.39 is 0 Å². The summed E-state index contributed by atoms with van der Waals surface area (Å²) in [6, 6.07) is 0. The first-order valence-corrected chi connectivity index (χ1v) is 18.0. The number of hydrogen-bond acceptors (Lipinski definition) is 3. The summed E-state index contributed by atoms with van der Waals surface area (Å²) in [7, 11) is 0. The highest BCUT2D eigenvalue weighted by atomic mass is 16.7. The lowest BCUT2D eigenvalue weighted by Crippen LogP contribution is -2.31. The Bertz CT molecular complexity index is 532. The maximum absolute atomic E-state index is 9.37. The van der Waals surface area contributed by atoms with Crippen LogP contribution in [-0.4, -0.2) is 30.2 Å². The van der Waals surface area contributed by atoms with Gasteiger partial charge in [-0.05, 0) is 70.6 Å². The average molecular weight is 563 g/mol. The Kier molecular flexibility index (Phi) is 26.6. The number of allylic oxidation sites excluding steroid dienone is 4. The number of rotatable bonds is 30. The van der Waals surface area contributed by atoms with Gasteiger partial charge in [-0.2, -0.15) is 0 Å². The summed E-state index contributed by atoms with van der Waals surface area (Å²) in [4.78, 5) is 0. The van der Waals surface area contributed by atoms with Gasteiger partial charge in [0.1, 0.15) is 0 Å². The van der Waals surface area contributed by atoms with Crippen LogP contribution in [0.25, 0.3) is 0 Å². The van der Waals surface area contributed by atoms with Gasteiger partial charge in [-0.1, -0.05) is 128 Å². The van der Waals surface area contributed by atoms with Crippen LogP contribution in [-0.2, 0) is 9.47 Å². The molecule has 1 rings (SSSR count). The molecule has 0 aromatic rings. The van der Waals surface area contributed by atoms with Crippen LogP contribution in [0, 0.1) is 0 Å². The van der Waals surface area contributed by atoms with Crippen molar-refractivity contribution < 1.29 is 14.6 Å². The van der Waals surface area contributed by atoms with Crippen LogP contribution in [0.15, 0.2) is 24.3 Å². The Morgan fingerprint density at radius 1 is 0.550 bits per heavy atom. The van der Waals surface area contributed by atoms with E-state index in [1.807, 2.05) is 0 Å². The van der Waals surface area contributed by atoms with E-state index in [1.165, 1.54) is 154 Å². The third-order valence-electron chi connectivity index (χ3n) is 8.50. The van der Waals surface area contributed by atoms with Gasteiger partial charge < -0.3 is 14.6 Å². The van der Waals surface area contributed by atoms with Crippen molar-refractivity contribution in [3.8, 4) is 0 Å². The summed E-state index contributed by atoms with van der Waals surface area (Å²) in [6.45, 7) is 5.39. The third kappa shape index (κ3) is 22.0. The molecule has 3 heteroatoms. The molecule has 0 bridgehead atoms. The van der Waals surface area contributed by atoms with E-state index in [0.717, 1.165) is 12.8 Å². The molecule has 1 fully saturated rings. The first-order valence-electron chi connectivity index (χ1n) is 18.0. The number of aliphatic hydroxyl groups is 1. The lowest BCUT2D eigenvalue weighted by molar-refractivity contribution is -0.180. The largest absolute Gasteiger partial charge is 0.396 e. The van der Waals surface area contributed by atoms with Crippen LogP contribution in [0.1, 0.15) is 187 Å². The van der Waals surface area contributed by atoms with E-state index in [0.29, 0.717) is 13.0 Å². The number of ether oxygens (including phenoxy) is 2. The van der Waals surface area contributed by atoms with Crippen molar-refractivity contribution in [3.63, 3.8) is 0 Å². The summed E-state index contributed by atoms with van der Waals surface area (Å²) < 4.78 is 12.7. The van der Waals surface area contributed by atoms with Crippen molar-refractivity contribution in [2.45, 2.75) is 199 Å². The molecule has 3 nitrogen and oxygen atoms in total. The Labute approximate surface area is 251 Å². The summed E-state index contributed by atoms with van der Waals surface area (Å²) in [6.07, 6.45) is 44.0.